The number of nitro groups is 1. The number of guanidine groups is 1. The van der Waals surface area contributed by atoms with Gasteiger partial charge in [-0.05, 0) is 19.1 Å². The molecule has 11 heteroatoms. The molecule has 1 aliphatic rings. The lowest BCUT2D eigenvalue weighted by Crippen LogP contribution is -2.52. The van der Waals surface area contributed by atoms with Gasteiger partial charge in [0.1, 0.15) is 24.0 Å². The van der Waals surface area contributed by atoms with Crippen LogP contribution in [-0.2, 0) is 6.54 Å². The molecule has 1 aliphatic heterocycles. The lowest BCUT2D eigenvalue weighted by molar-refractivity contribution is -0.385. The van der Waals surface area contributed by atoms with Gasteiger partial charge < -0.3 is 15.1 Å². The van der Waals surface area contributed by atoms with Crippen molar-refractivity contribution in [3.63, 3.8) is 0 Å². The highest BCUT2D eigenvalue weighted by atomic mass is 19.1. The van der Waals surface area contributed by atoms with E-state index in [1.54, 1.807) is 0 Å². The first-order valence-corrected chi connectivity index (χ1v) is 9.38. The van der Waals surface area contributed by atoms with Crippen molar-refractivity contribution in [3.8, 4) is 0 Å². The Balaban J connectivity index is 1.58. The Morgan fingerprint density at radius 2 is 2.07 bits per heavy atom. The average molecular weight is 407 g/mol. The molecule has 0 unspecified atom stereocenters. The SMILES string of the molecule is CCNC(=NCCn1cc([N+](=O)[O-])cn1)N1CCN(c2cc(F)ccc2F)CC1. The van der Waals surface area contributed by atoms with Gasteiger partial charge in [0.25, 0.3) is 0 Å². The van der Waals surface area contributed by atoms with Crippen molar-refractivity contribution < 1.29 is 13.7 Å². The first kappa shape index (κ1) is 20.5. The smallest absolute Gasteiger partial charge is 0.306 e. The van der Waals surface area contributed by atoms with Crippen molar-refractivity contribution >= 4 is 17.3 Å². The Morgan fingerprint density at radius 3 is 2.72 bits per heavy atom. The maximum Gasteiger partial charge on any atom is 0.306 e. The van der Waals surface area contributed by atoms with E-state index < -0.39 is 16.6 Å². The molecule has 0 aliphatic carbocycles. The van der Waals surface area contributed by atoms with Gasteiger partial charge in [0.2, 0.25) is 0 Å². The number of benzene rings is 1. The normalized spacial score (nSPS) is 14.9. The van der Waals surface area contributed by atoms with Crippen molar-refractivity contribution in [3.05, 3.63) is 52.3 Å². The molecular formula is C18H23F2N7O2. The zero-order valence-electron chi connectivity index (χ0n) is 16.1. The number of nitrogens with zero attached hydrogens (tertiary/aromatic N) is 6. The van der Waals surface area contributed by atoms with E-state index in [4.69, 9.17) is 0 Å². The maximum atomic E-state index is 14.0. The number of nitrogens with one attached hydrogen (secondary N) is 1. The fraction of sp³-hybridized carbons (Fsp3) is 0.444. The topological polar surface area (TPSA) is 91.8 Å². The summed E-state index contributed by atoms with van der Waals surface area (Å²) < 4.78 is 28.9. The van der Waals surface area contributed by atoms with Crippen LogP contribution in [0.4, 0.5) is 20.2 Å². The number of anilines is 1. The minimum atomic E-state index is -0.488. The Kier molecular flexibility index (Phi) is 6.57. The van der Waals surface area contributed by atoms with Crippen LogP contribution in [-0.4, -0.2) is 64.8 Å². The van der Waals surface area contributed by atoms with Crippen molar-refractivity contribution in [2.45, 2.75) is 13.5 Å². The van der Waals surface area contributed by atoms with Gasteiger partial charge in [-0.25, -0.2) is 8.78 Å². The zero-order valence-corrected chi connectivity index (χ0v) is 16.1. The van der Waals surface area contributed by atoms with E-state index in [0.717, 1.165) is 12.1 Å². The van der Waals surface area contributed by atoms with Crippen molar-refractivity contribution in [1.29, 1.82) is 0 Å². The molecule has 156 valence electrons. The van der Waals surface area contributed by atoms with Gasteiger partial charge >= 0.3 is 5.69 Å². The van der Waals surface area contributed by atoms with Gasteiger partial charge in [0.05, 0.1) is 23.7 Å². The largest absolute Gasteiger partial charge is 0.366 e. The molecule has 0 atom stereocenters. The van der Waals surface area contributed by atoms with E-state index in [0.29, 0.717) is 51.8 Å². The van der Waals surface area contributed by atoms with Gasteiger partial charge in [-0.3, -0.25) is 19.8 Å². The van der Waals surface area contributed by atoms with E-state index >= 15 is 0 Å². The average Bonchev–Trinajstić information content (AvgIpc) is 3.19. The highest BCUT2D eigenvalue weighted by Crippen LogP contribution is 2.22. The van der Waals surface area contributed by atoms with E-state index in [2.05, 4.69) is 20.3 Å². The molecule has 0 spiro atoms. The second kappa shape index (κ2) is 9.30. The van der Waals surface area contributed by atoms with Crippen LogP contribution in [0.25, 0.3) is 0 Å². The summed E-state index contributed by atoms with van der Waals surface area (Å²) in [6.45, 7) is 5.75. The Bertz CT molecular complexity index is 879. The number of hydrogen-bond acceptors (Lipinski definition) is 5. The molecule has 1 fully saturated rings. The summed E-state index contributed by atoms with van der Waals surface area (Å²) in [6.07, 6.45) is 2.58. The number of aromatic nitrogens is 2. The van der Waals surface area contributed by atoms with Crippen LogP contribution in [0.15, 0.2) is 35.6 Å². The number of aliphatic imine (C=N–C) groups is 1. The summed E-state index contributed by atoms with van der Waals surface area (Å²) in [7, 11) is 0. The number of piperazine rings is 1. The summed E-state index contributed by atoms with van der Waals surface area (Å²) >= 11 is 0. The molecule has 0 saturated carbocycles. The number of halogens is 2. The van der Waals surface area contributed by atoms with E-state index in [-0.39, 0.29) is 11.4 Å². The molecule has 9 nitrogen and oxygen atoms in total. The number of hydrogen-bond donors (Lipinski definition) is 1. The third-order valence-corrected chi connectivity index (χ3v) is 4.58. The summed E-state index contributed by atoms with van der Waals surface area (Å²) in [6, 6.07) is 3.47. The van der Waals surface area contributed by atoms with Crippen LogP contribution in [0.3, 0.4) is 0 Å². The molecule has 1 saturated heterocycles. The fourth-order valence-corrected chi connectivity index (χ4v) is 3.14. The molecule has 29 heavy (non-hydrogen) atoms. The second-order valence-electron chi connectivity index (χ2n) is 6.52. The van der Waals surface area contributed by atoms with Crippen LogP contribution in [0.2, 0.25) is 0 Å². The predicted octanol–water partition coefficient (Wildman–Crippen LogP) is 1.86. The molecule has 2 aromatic rings. The molecule has 0 radical (unpaired) electrons. The van der Waals surface area contributed by atoms with Crippen LogP contribution in [0.5, 0.6) is 0 Å². The zero-order chi connectivity index (χ0) is 20.8. The van der Waals surface area contributed by atoms with Crippen LogP contribution in [0, 0.1) is 21.7 Å². The highest BCUT2D eigenvalue weighted by molar-refractivity contribution is 5.80. The Hall–Kier alpha value is -3.24. The molecule has 0 amide bonds. The summed E-state index contributed by atoms with van der Waals surface area (Å²) in [5.41, 5.74) is 0.216. The van der Waals surface area contributed by atoms with Crippen LogP contribution >= 0.6 is 0 Å². The lowest BCUT2D eigenvalue weighted by Gasteiger charge is -2.37. The quantitative estimate of drug-likeness (QED) is 0.340. The van der Waals surface area contributed by atoms with Gasteiger partial charge in [-0.15, -0.1) is 0 Å². The number of rotatable bonds is 6. The molecule has 3 rings (SSSR count). The first-order chi connectivity index (χ1) is 14.0. The third kappa shape index (κ3) is 5.18. The van der Waals surface area contributed by atoms with Gasteiger partial charge in [-0.2, -0.15) is 5.10 Å². The molecular weight excluding hydrogens is 384 g/mol. The van der Waals surface area contributed by atoms with Gasteiger partial charge in [0, 0.05) is 38.8 Å². The van der Waals surface area contributed by atoms with Gasteiger partial charge in [0.15, 0.2) is 5.96 Å². The highest BCUT2D eigenvalue weighted by Gasteiger charge is 2.22. The summed E-state index contributed by atoms with van der Waals surface area (Å²) in [5, 5.41) is 17.9. The molecule has 1 N–H and O–H groups in total. The van der Waals surface area contributed by atoms with Gasteiger partial charge in [-0.1, -0.05) is 0 Å². The fourth-order valence-electron chi connectivity index (χ4n) is 3.14. The monoisotopic (exact) mass is 407 g/mol. The minimum Gasteiger partial charge on any atom is -0.366 e. The molecule has 2 heterocycles. The lowest BCUT2D eigenvalue weighted by atomic mass is 10.2. The van der Waals surface area contributed by atoms with Crippen molar-refractivity contribution in [2.75, 3.05) is 44.2 Å². The Morgan fingerprint density at radius 1 is 1.31 bits per heavy atom. The molecule has 0 bridgehead atoms. The third-order valence-electron chi connectivity index (χ3n) is 4.58. The molecule has 1 aromatic heterocycles. The summed E-state index contributed by atoms with van der Waals surface area (Å²) in [4.78, 5) is 18.7. The van der Waals surface area contributed by atoms with E-state index in [1.165, 1.54) is 23.1 Å². The van der Waals surface area contributed by atoms with E-state index in [1.807, 2.05) is 11.8 Å². The summed E-state index contributed by atoms with van der Waals surface area (Å²) in [5.74, 6) is -0.181. The first-order valence-electron chi connectivity index (χ1n) is 9.38. The standard InChI is InChI=1S/C18H23F2N7O2/c1-2-21-18(22-5-6-26-13-15(12-23-26)27(28)29)25-9-7-24(8-10-25)17-11-14(19)3-4-16(17)20/h3-4,11-13H,2,5-10H2,1H3,(H,21,22). The maximum absolute atomic E-state index is 14.0. The van der Waals surface area contributed by atoms with Crippen LogP contribution < -0.4 is 10.2 Å². The van der Waals surface area contributed by atoms with Crippen LogP contribution in [0.1, 0.15) is 6.92 Å². The van der Waals surface area contributed by atoms with Crippen molar-refractivity contribution in [2.24, 2.45) is 4.99 Å². The second-order valence-corrected chi connectivity index (χ2v) is 6.52. The van der Waals surface area contributed by atoms with Crippen molar-refractivity contribution in [1.82, 2.24) is 20.0 Å². The van der Waals surface area contributed by atoms with E-state index in [9.17, 15) is 18.9 Å². The predicted molar refractivity (Wildman–Crippen MR) is 105 cm³/mol. The Labute approximate surface area is 166 Å². The minimum absolute atomic E-state index is 0.0541. The molecule has 1 aromatic carbocycles.